The molecule has 0 spiro atoms. The molecule has 8 heteroatoms. The van der Waals surface area contributed by atoms with Gasteiger partial charge in [-0.1, -0.05) is 24.3 Å². The van der Waals surface area contributed by atoms with E-state index in [2.05, 4.69) is 0 Å². The molecule has 0 unspecified atom stereocenters. The quantitative estimate of drug-likeness (QED) is 0.757. The largest absolute Gasteiger partial charge is 0.336 e. The third-order valence-corrected chi connectivity index (χ3v) is 4.58. The molecule has 0 saturated carbocycles. The van der Waals surface area contributed by atoms with Crippen molar-refractivity contribution in [3.63, 3.8) is 0 Å². The number of piperazine rings is 1. The first kappa shape index (κ1) is 21.9. The summed E-state index contributed by atoms with van der Waals surface area (Å²) in [7, 11) is 0. The number of benzene rings is 2. The Morgan fingerprint density at radius 3 is 2.00 bits per heavy atom. The molecule has 0 aliphatic carbocycles. The fourth-order valence-electron chi connectivity index (χ4n) is 3.13. The lowest BCUT2D eigenvalue weighted by Gasteiger charge is -2.34. The Bertz CT molecular complexity index is 835. The van der Waals surface area contributed by atoms with Crippen molar-refractivity contribution >= 4 is 24.1 Å². The van der Waals surface area contributed by atoms with Crippen molar-refractivity contribution < 1.29 is 22.8 Å². The number of amides is 1. The van der Waals surface area contributed by atoms with Crippen molar-refractivity contribution in [2.45, 2.75) is 6.42 Å². The molecule has 1 aliphatic heterocycles. The lowest BCUT2D eigenvalue weighted by Crippen LogP contribution is -2.50. The fraction of sp³-hybridized carbons (Fsp3) is 0.300. The number of carbonyl (C=O) groups is 2. The second-order valence-corrected chi connectivity index (χ2v) is 6.47. The Hall–Kier alpha value is -2.38. The van der Waals surface area contributed by atoms with Crippen LogP contribution in [-0.4, -0.2) is 54.2 Å². The second kappa shape index (κ2) is 9.71. The van der Waals surface area contributed by atoms with E-state index in [0.717, 1.165) is 12.1 Å². The van der Waals surface area contributed by atoms with Gasteiger partial charge in [-0.2, -0.15) is 0 Å². The molecule has 0 radical (unpaired) electrons. The van der Waals surface area contributed by atoms with Crippen LogP contribution in [0.3, 0.4) is 0 Å². The van der Waals surface area contributed by atoms with Crippen LogP contribution < -0.4 is 0 Å². The number of Topliss-reactive ketones (excluding diaryl/α,β-unsaturated/α-hetero) is 1. The Labute approximate surface area is 167 Å². The Kier molecular flexibility index (Phi) is 7.60. The number of hydrogen-bond acceptors (Lipinski definition) is 3. The normalized spacial score (nSPS) is 14.5. The van der Waals surface area contributed by atoms with Crippen LogP contribution in [0.5, 0.6) is 0 Å². The van der Waals surface area contributed by atoms with E-state index in [1.165, 1.54) is 17.0 Å². The maximum Gasteiger partial charge on any atom is 0.259 e. The predicted molar refractivity (Wildman–Crippen MR) is 101 cm³/mol. The van der Waals surface area contributed by atoms with E-state index in [9.17, 15) is 22.8 Å². The molecule has 1 amide bonds. The van der Waals surface area contributed by atoms with Crippen LogP contribution in [-0.2, 0) is 11.2 Å². The molecule has 3 rings (SSSR count). The number of hydrogen-bond donors (Lipinski definition) is 0. The van der Waals surface area contributed by atoms with Gasteiger partial charge in [0.1, 0.15) is 23.0 Å². The van der Waals surface area contributed by atoms with Crippen molar-refractivity contribution in [1.82, 2.24) is 9.80 Å². The average Bonchev–Trinajstić information content (AvgIpc) is 2.64. The van der Waals surface area contributed by atoms with Gasteiger partial charge >= 0.3 is 0 Å². The molecule has 1 heterocycles. The molecule has 4 nitrogen and oxygen atoms in total. The van der Waals surface area contributed by atoms with Crippen LogP contribution in [0.4, 0.5) is 13.2 Å². The Morgan fingerprint density at radius 1 is 0.821 bits per heavy atom. The standard InChI is InChI=1S/C20H19F3N2O2.ClH/c21-16-5-2-1-4-14(16)12-15(26)13-24-8-10-25(11-9-24)20(27)19-17(22)6-3-7-18(19)23;/h1-7H,8-13H2;1H. The Morgan fingerprint density at radius 2 is 1.39 bits per heavy atom. The lowest BCUT2D eigenvalue weighted by molar-refractivity contribution is -0.119. The lowest BCUT2D eigenvalue weighted by atomic mass is 10.1. The topological polar surface area (TPSA) is 40.6 Å². The van der Waals surface area contributed by atoms with E-state index in [4.69, 9.17) is 0 Å². The number of halogens is 4. The van der Waals surface area contributed by atoms with Crippen molar-refractivity contribution in [1.29, 1.82) is 0 Å². The highest BCUT2D eigenvalue weighted by Crippen LogP contribution is 2.16. The van der Waals surface area contributed by atoms with Crippen molar-refractivity contribution in [2.24, 2.45) is 0 Å². The summed E-state index contributed by atoms with van der Waals surface area (Å²) in [6.45, 7) is 1.49. The van der Waals surface area contributed by atoms with Crippen LogP contribution in [0.2, 0.25) is 0 Å². The summed E-state index contributed by atoms with van der Waals surface area (Å²) in [4.78, 5) is 27.8. The minimum atomic E-state index is -0.887. The zero-order chi connectivity index (χ0) is 19.4. The molecular formula is C20H20ClF3N2O2. The molecule has 1 saturated heterocycles. The predicted octanol–water partition coefficient (Wildman–Crippen LogP) is 3.10. The first-order valence-corrected chi connectivity index (χ1v) is 8.66. The van der Waals surface area contributed by atoms with Gasteiger partial charge in [0.15, 0.2) is 5.78 Å². The van der Waals surface area contributed by atoms with E-state index < -0.39 is 28.9 Å². The molecule has 0 aromatic heterocycles. The summed E-state index contributed by atoms with van der Waals surface area (Å²) in [6.07, 6.45) is 0.00621. The van der Waals surface area contributed by atoms with Gasteiger partial charge in [-0.05, 0) is 23.8 Å². The first-order valence-electron chi connectivity index (χ1n) is 8.66. The molecule has 2 aromatic rings. The maximum absolute atomic E-state index is 13.8. The van der Waals surface area contributed by atoms with Gasteiger partial charge in [0.05, 0.1) is 6.54 Å². The fourth-order valence-corrected chi connectivity index (χ4v) is 3.13. The highest BCUT2D eigenvalue weighted by atomic mass is 35.5. The smallest absolute Gasteiger partial charge is 0.259 e. The summed E-state index contributed by atoms with van der Waals surface area (Å²) < 4.78 is 41.2. The molecule has 0 bridgehead atoms. The molecule has 150 valence electrons. The van der Waals surface area contributed by atoms with Crippen LogP contribution in [0.15, 0.2) is 42.5 Å². The van der Waals surface area contributed by atoms with Crippen LogP contribution >= 0.6 is 12.4 Å². The van der Waals surface area contributed by atoms with Crippen LogP contribution in [0, 0.1) is 17.5 Å². The van der Waals surface area contributed by atoms with E-state index >= 15 is 0 Å². The molecule has 1 aliphatic rings. The highest BCUT2D eigenvalue weighted by Gasteiger charge is 2.27. The van der Waals surface area contributed by atoms with Crippen LogP contribution in [0.25, 0.3) is 0 Å². The van der Waals surface area contributed by atoms with Gasteiger partial charge in [-0.25, -0.2) is 13.2 Å². The van der Waals surface area contributed by atoms with Gasteiger partial charge in [0.2, 0.25) is 0 Å². The van der Waals surface area contributed by atoms with E-state index in [1.807, 2.05) is 4.90 Å². The summed E-state index contributed by atoms with van der Waals surface area (Å²) in [5.41, 5.74) is -0.201. The minimum Gasteiger partial charge on any atom is -0.336 e. The maximum atomic E-state index is 13.8. The van der Waals surface area contributed by atoms with Crippen LogP contribution in [0.1, 0.15) is 15.9 Å². The van der Waals surface area contributed by atoms with Gasteiger partial charge in [-0.15, -0.1) is 12.4 Å². The third-order valence-electron chi connectivity index (χ3n) is 4.58. The van der Waals surface area contributed by atoms with E-state index in [1.54, 1.807) is 18.2 Å². The molecular weight excluding hydrogens is 393 g/mol. The van der Waals surface area contributed by atoms with Gasteiger partial charge in [0.25, 0.3) is 5.91 Å². The van der Waals surface area contributed by atoms with Crippen molar-refractivity contribution in [3.8, 4) is 0 Å². The van der Waals surface area contributed by atoms with E-state index in [-0.39, 0.29) is 44.2 Å². The molecule has 0 atom stereocenters. The average molecular weight is 413 g/mol. The number of ketones is 1. The monoisotopic (exact) mass is 412 g/mol. The molecule has 1 fully saturated rings. The number of rotatable bonds is 5. The highest BCUT2D eigenvalue weighted by molar-refractivity contribution is 5.94. The zero-order valence-electron chi connectivity index (χ0n) is 15.0. The molecule has 2 aromatic carbocycles. The van der Waals surface area contributed by atoms with Gasteiger partial charge in [0, 0.05) is 32.6 Å². The van der Waals surface area contributed by atoms with Crippen molar-refractivity contribution in [3.05, 3.63) is 71.0 Å². The minimum absolute atomic E-state index is 0. The molecule has 0 N–H and O–H groups in total. The summed E-state index contributed by atoms with van der Waals surface area (Å²) in [5, 5.41) is 0. The SMILES string of the molecule is Cl.O=C(Cc1ccccc1F)CN1CCN(C(=O)c2c(F)cccc2F)CC1. The molecule has 28 heavy (non-hydrogen) atoms. The van der Waals surface area contributed by atoms with E-state index in [0.29, 0.717) is 18.7 Å². The summed E-state index contributed by atoms with van der Waals surface area (Å²) in [6, 6.07) is 9.44. The number of carbonyl (C=O) groups excluding carboxylic acids is 2. The zero-order valence-corrected chi connectivity index (χ0v) is 15.9. The Balaban J connectivity index is 0.00000280. The van der Waals surface area contributed by atoms with Gasteiger partial charge < -0.3 is 4.90 Å². The van der Waals surface area contributed by atoms with Gasteiger partial charge in [-0.3, -0.25) is 14.5 Å². The first-order chi connectivity index (χ1) is 13.0. The van der Waals surface area contributed by atoms with Crippen molar-refractivity contribution in [2.75, 3.05) is 32.7 Å². The number of nitrogens with zero attached hydrogens (tertiary/aromatic N) is 2. The summed E-state index contributed by atoms with van der Waals surface area (Å²) >= 11 is 0. The summed E-state index contributed by atoms with van der Waals surface area (Å²) in [5.74, 6) is -3.00. The second-order valence-electron chi connectivity index (χ2n) is 6.47. The third kappa shape index (κ3) is 5.11.